The van der Waals surface area contributed by atoms with E-state index in [1.807, 2.05) is 13.8 Å². The summed E-state index contributed by atoms with van der Waals surface area (Å²) in [5, 5.41) is 34.9. The average Bonchev–Trinajstić information content (AvgIpc) is 3.57. The SMILES string of the molecule is CC1(C)CC(=O)c2c(C(F)(F)F)nn(-c3ccc(C(N)=O)c(N[C@H]4CC[C@H](NC(=S)Nc5ccc(-c6c7ccc(=O)cc-7oc7cc(O)ccc67)c(C(=O)O)c5)CC4)c3)c2C1. The molecular weight excluding hydrogens is 814 g/mol. The van der Waals surface area contributed by atoms with Crippen molar-refractivity contribution in [1.29, 1.82) is 0 Å². The van der Waals surface area contributed by atoms with Crippen molar-refractivity contribution in [2.75, 3.05) is 10.6 Å². The number of carboxylic acid groups (broad SMARTS) is 1. The maximum atomic E-state index is 14.1. The fraction of sp³-hybridized carbons (Fsp3) is 0.273. The normalized spacial score (nSPS) is 17.5. The molecule has 1 fully saturated rings. The number of hydrogen-bond acceptors (Lipinski definition) is 9. The highest BCUT2D eigenvalue weighted by molar-refractivity contribution is 7.80. The molecule has 0 atom stereocenters. The summed E-state index contributed by atoms with van der Waals surface area (Å²) >= 11 is 5.63. The molecule has 4 aromatic rings. The molecule has 1 aromatic heterocycles. The largest absolute Gasteiger partial charge is 0.508 e. The number of halogens is 3. The van der Waals surface area contributed by atoms with Crippen LogP contribution in [0, 0.1) is 5.41 Å². The van der Waals surface area contributed by atoms with Crippen LogP contribution in [0.25, 0.3) is 39.1 Å². The number of nitrogens with zero attached hydrogens (tertiary/aromatic N) is 2. The highest BCUT2D eigenvalue weighted by Crippen LogP contribution is 2.44. The van der Waals surface area contributed by atoms with Crippen molar-refractivity contribution in [3.05, 3.63) is 111 Å². The molecule has 2 heterocycles. The fourth-order valence-corrected chi connectivity index (χ4v) is 8.76. The maximum absolute atomic E-state index is 14.1. The summed E-state index contributed by atoms with van der Waals surface area (Å²) in [4.78, 5) is 50.3. The Morgan fingerprint density at radius 1 is 0.902 bits per heavy atom. The lowest BCUT2D eigenvalue weighted by Gasteiger charge is -2.31. The number of ketones is 1. The van der Waals surface area contributed by atoms with Gasteiger partial charge in [-0.15, -0.1) is 0 Å². The maximum Gasteiger partial charge on any atom is 0.435 e. The minimum absolute atomic E-state index is 0.0405. The fourth-order valence-electron chi connectivity index (χ4n) is 8.48. The van der Waals surface area contributed by atoms with Gasteiger partial charge >= 0.3 is 12.1 Å². The second-order valence-corrected chi connectivity index (χ2v) is 16.7. The van der Waals surface area contributed by atoms with Crippen molar-refractivity contribution in [2.45, 2.75) is 70.6 Å². The number of carbonyl (C=O) groups is 3. The Balaban J connectivity index is 0.970. The van der Waals surface area contributed by atoms with Crippen LogP contribution in [0.15, 0.2) is 82.0 Å². The van der Waals surface area contributed by atoms with E-state index in [1.165, 1.54) is 48.5 Å². The van der Waals surface area contributed by atoms with Crippen LogP contribution in [0.5, 0.6) is 5.75 Å². The second-order valence-electron chi connectivity index (χ2n) is 16.3. The Kier molecular flexibility index (Phi) is 10.3. The molecule has 13 nitrogen and oxygen atoms in total. The minimum atomic E-state index is -4.85. The number of nitrogens with one attached hydrogen (secondary N) is 3. The molecule has 0 bridgehead atoms. The van der Waals surface area contributed by atoms with Gasteiger partial charge in [-0.2, -0.15) is 18.3 Å². The van der Waals surface area contributed by atoms with Crippen LogP contribution in [-0.4, -0.2) is 54.8 Å². The number of alkyl halides is 3. The van der Waals surface area contributed by atoms with Crippen molar-refractivity contribution < 1.29 is 42.2 Å². The quantitative estimate of drug-likeness (QED) is 0.0635. The molecule has 61 heavy (non-hydrogen) atoms. The summed E-state index contributed by atoms with van der Waals surface area (Å²) in [6.07, 6.45) is -2.17. The zero-order valence-corrected chi connectivity index (χ0v) is 33.6. The number of aromatic carboxylic acids is 1. The zero-order chi connectivity index (χ0) is 43.5. The molecule has 8 rings (SSSR count). The Morgan fingerprint density at radius 3 is 2.33 bits per heavy atom. The van der Waals surface area contributed by atoms with Crippen LogP contribution in [0.3, 0.4) is 0 Å². The van der Waals surface area contributed by atoms with Gasteiger partial charge in [-0.1, -0.05) is 19.9 Å². The summed E-state index contributed by atoms with van der Waals surface area (Å²) in [5.41, 5.74) is 6.07. The van der Waals surface area contributed by atoms with Gasteiger partial charge in [-0.05, 0) is 110 Å². The lowest BCUT2D eigenvalue weighted by molar-refractivity contribution is -0.141. The standard InChI is InChI=1S/C44H39F3N6O7S/c1-43(2)19-33-38(34(56)20-43)39(44(45,46)47)52-53(33)24-8-12-28(40(48)57)32(16-24)49-21-3-5-22(6-4-21)50-42(61)51-23-7-11-27(31(15-23)41(58)59)37-29-13-9-25(54)17-35(29)60-36-18-26(55)10-14-30(36)37/h7-18,21-22,49,54H,3-6,19-20H2,1-2H3,(H2,48,57)(H,58,59)(H2,50,51,61)/t21-,22-. The molecule has 17 heteroatoms. The Bertz CT molecular complexity index is 2820. The monoisotopic (exact) mass is 852 g/mol. The Labute approximate surface area is 351 Å². The number of hydrogen-bond donors (Lipinski definition) is 6. The molecule has 1 aliphatic heterocycles. The van der Waals surface area contributed by atoms with E-state index in [4.69, 9.17) is 22.4 Å². The highest BCUT2D eigenvalue weighted by Gasteiger charge is 2.45. The van der Waals surface area contributed by atoms with Crippen LogP contribution in [0.4, 0.5) is 24.5 Å². The number of phenolic OH excluding ortho intramolecular Hbond substituents is 1. The van der Waals surface area contributed by atoms with Gasteiger partial charge in [0.25, 0.3) is 5.91 Å². The van der Waals surface area contributed by atoms with Gasteiger partial charge in [0.1, 0.15) is 17.1 Å². The van der Waals surface area contributed by atoms with Gasteiger partial charge < -0.3 is 36.3 Å². The number of carbonyl (C=O) groups excluding carboxylic acids is 2. The van der Waals surface area contributed by atoms with Crippen LogP contribution in [0.2, 0.25) is 0 Å². The molecule has 0 unspecified atom stereocenters. The number of phenols is 1. The second kappa shape index (κ2) is 15.4. The molecule has 4 aliphatic rings. The zero-order valence-electron chi connectivity index (χ0n) is 32.8. The molecule has 1 saturated carbocycles. The first-order valence-corrected chi connectivity index (χ1v) is 19.8. The van der Waals surface area contributed by atoms with Gasteiger partial charge in [0.15, 0.2) is 22.0 Å². The Morgan fingerprint density at radius 2 is 1.62 bits per heavy atom. The molecule has 314 valence electrons. The number of Topliss-reactive ketones (excluding diaryl/α,β-unsaturated/α-hetero) is 1. The lowest BCUT2D eigenvalue weighted by Crippen LogP contribution is -2.42. The van der Waals surface area contributed by atoms with Gasteiger partial charge in [0, 0.05) is 58.5 Å². The van der Waals surface area contributed by atoms with Crippen LogP contribution >= 0.6 is 12.2 Å². The van der Waals surface area contributed by atoms with E-state index in [0.29, 0.717) is 59.1 Å². The number of thiocarbonyl (C=S) groups is 1. The van der Waals surface area contributed by atoms with Gasteiger partial charge in [0.2, 0.25) is 0 Å². The number of aromatic nitrogens is 2. The number of fused-ring (bicyclic) bond motifs is 3. The molecule has 0 spiro atoms. The Hall–Kier alpha value is -6.75. The third-order valence-corrected chi connectivity index (χ3v) is 11.4. The van der Waals surface area contributed by atoms with E-state index in [1.54, 1.807) is 24.3 Å². The van der Waals surface area contributed by atoms with E-state index in [-0.39, 0.29) is 75.1 Å². The van der Waals surface area contributed by atoms with E-state index in [9.17, 15) is 42.6 Å². The number of anilines is 2. The minimum Gasteiger partial charge on any atom is -0.508 e. The lowest BCUT2D eigenvalue weighted by atomic mass is 9.75. The van der Waals surface area contributed by atoms with Crippen LogP contribution in [-0.2, 0) is 12.6 Å². The molecule has 1 amide bonds. The molecule has 3 aliphatic carbocycles. The third-order valence-electron chi connectivity index (χ3n) is 11.2. The summed E-state index contributed by atoms with van der Waals surface area (Å²) in [5.74, 6) is -2.38. The number of carboxylic acids is 1. The van der Waals surface area contributed by atoms with Gasteiger partial charge in [-0.25, -0.2) is 9.48 Å². The predicted octanol–water partition coefficient (Wildman–Crippen LogP) is 8.14. The van der Waals surface area contributed by atoms with Crippen molar-refractivity contribution in [2.24, 2.45) is 11.1 Å². The first-order valence-electron chi connectivity index (χ1n) is 19.4. The number of rotatable bonds is 8. The van der Waals surface area contributed by atoms with Gasteiger partial charge in [0.05, 0.1) is 28.1 Å². The summed E-state index contributed by atoms with van der Waals surface area (Å²) < 4.78 is 49.4. The van der Waals surface area contributed by atoms with Gasteiger partial charge in [-0.3, -0.25) is 14.4 Å². The smallest absolute Gasteiger partial charge is 0.435 e. The first kappa shape index (κ1) is 41.0. The van der Waals surface area contributed by atoms with Crippen LogP contribution in [0.1, 0.15) is 88.4 Å². The number of aromatic hydroxyl groups is 1. The van der Waals surface area contributed by atoms with Crippen molar-refractivity contribution in [3.63, 3.8) is 0 Å². The van der Waals surface area contributed by atoms with E-state index >= 15 is 0 Å². The average molecular weight is 853 g/mol. The third kappa shape index (κ3) is 8.12. The molecule has 0 saturated heterocycles. The van der Waals surface area contributed by atoms with Crippen LogP contribution < -0.4 is 27.1 Å². The number of amides is 1. The molecular formula is C44H39F3N6O7S. The summed E-state index contributed by atoms with van der Waals surface area (Å²) in [6, 6.07) is 17.7. The topological polar surface area (TPSA) is 202 Å². The summed E-state index contributed by atoms with van der Waals surface area (Å²) in [7, 11) is 0. The van der Waals surface area contributed by atoms with Crippen molar-refractivity contribution >= 4 is 57.3 Å². The van der Waals surface area contributed by atoms with E-state index < -0.39 is 40.5 Å². The highest BCUT2D eigenvalue weighted by atomic mass is 32.1. The molecule has 7 N–H and O–H groups in total. The van der Waals surface area contributed by atoms with Crippen molar-refractivity contribution in [3.8, 4) is 33.9 Å². The first-order chi connectivity index (χ1) is 28.8. The van der Waals surface area contributed by atoms with E-state index in [2.05, 4.69) is 21.0 Å². The number of primary amides is 1. The number of benzene rings is 4. The van der Waals surface area contributed by atoms with E-state index in [0.717, 1.165) is 4.68 Å². The predicted molar refractivity (Wildman–Crippen MR) is 226 cm³/mol. The molecule has 0 radical (unpaired) electrons. The van der Waals surface area contributed by atoms with Crippen molar-refractivity contribution in [1.82, 2.24) is 15.1 Å². The molecule has 3 aromatic carbocycles. The number of nitrogens with two attached hydrogens (primary N) is 1. The summed E-state index contributed by atoms with van der Waals surface area (Å²) in [6.45, 7) is 3.63.